The SMILES string of the molecule is OCC(O)Cc1cnc(C(O)C(O)CO)cn1. The molecule has 96 valence electrons. The van der Waals surface area contributed by atoms with Crippen LogP contribution in [0.1, 0.15) is 17.5 Å². The molecule has 1 aromatic rings. The van der Waals surface area contributed by atoms with Crippen LogP contribution in [0.4, 0.5) is 0 Å². The Morgan fingerprint density at radius 2 is 1.71 bits per heavy atom. The first kappa shape index (κ1) is 13.9. The highest BCUT2D eigenvalue weighted by atomic mass is 16.4. The second kappa shape index (κ2) is 6.58. The zero-order chi connectivity index (χ0) is 12.8. The van der Waals surface area contributed by atoms with E-state index < -0.39 is 24.9 Å². The van der Waals surface area contributed by atoms with Gasteiger partial charge >= 0.3 is 0 Å². The Balaban J connectivity index is 2.67. The molecule has 17 heavy (non-hydrogen) atoms. The summed E-state index contributed by atoms with van der Waals surface area (Å²) in [5, 5.41) is 45.2. The van der Waals surface area contributed by atoms with Crippen LogP contribution in [0.3, 0.4) is 0 Å². The van der Waals surface area contributed by atoms with Gasteiger partial charge in [-0.2, -0.15) is 0 Å². The minimum atomic E-state index is -1.31. The van der Waals surface area contributed by atoms with Crippen molar-refractivity contribution >= 4 is 0 Å². The first-order valence-electron chi connectivity index (χ1n) is 5.15. The maximum atomic E-state index is 9.51. The van der Waals surface area contributed by atoms with Crippen LogP contribution in [0.2, 0.25) is 0 Å². The second-order valence-electron chi connectivity index (χ2n) is 3.67. The summed E-state index contributed by atoms with van der Waals surface area (Å²) in [7, 11) is 0. The van der Waals surface area contributed by atoms with Gasteiger partial charge in [0.15, 0.2) is 0 Å². The fourth-order valence-corrected chi connectivity index (χ4v) is 1.23. The van der Waals surface area contributed by atoms with Crippen molar-refractivity contribution in [3.63, 3.8) is 0 Å². The quantitative estimate of drug-likeness (QED) is 0.383. The van der Waals surface area contributed by atoms with Crippen molar-refractivity contribution in [3.05, 3.63) is 23.8 Å². The molecule has 1 heterocycles. The predicted molar refractivity (Wildman–Crippen MR) is 56.9 cm³/mol. The molecule has 3 atom stereocenters. The molecular formula is C10H16N2O5. The van der Waals surface area contributed by atoms with Crippen molar-refractivity contribution < 1.29 is 25.5 Å². The largest absolute Gasteiger partial charge is 0.394 e. The Morgan fingerprint density at radius 1 is 1.00 bits per heavy atom. The molecule has 0 saturated heterocycles. The van der Waals surface area contributed by atoms with E-state index in [1.54, 1.807) is 0 Å². The lowest BCUT2D eigenvalue weighted by Crippen LogP contribution is -2.23. The highest BCUT2D eigenvalue weighted by molar-refractivity contribution is 5.07. The molecule has 0 bridgehead atoms. The standard InChI is InChI=1S/C10H16N2O5/c13-4-7(15)1-6-2-12-8(3-11-6)10(17)9(16)5-14/h2-3,7,9-10,13-17H,1,4-5H2. The van der Waals surface area contributed by atoms with Gasteiger partial charge in [0, 0.05) is 12.6 Å². The predicted octanol–water partition coefficient (Wildman–Crippen LogP) is -2.24. The van der Waals surface area contributed by atoms with Crippen LogP contribution >= 0.6 is 0 Å². The van der Waals surface area contributed by atoms with Crippen molar-refractivity contribution in [2.45, 2.75) is 24.7 Å². The average Bonchev–Trinajstić information content (AvgIpc) is 2.37. The Morgan fingerprint density at radius 3 is 2.18 bits per heavy atom. The normalized spacial score (nSPS) is 16.5. The van der Waals surface area contributed by atoms with E-state index in [9.17, 15) is 15.3 Å². The molecule has 0 radical (unpaired) electrons. The van der Waals surface area contributed by atoms with Crippen LogP contribution in [-0.2, 0) is 6.42 Å². The summed E-state index contributed by atoms with van der Waals surface area (Å²) in [6.45, 7) is -0.941. The maximum absolute atomic E-state index is 9.51. The van der Waals surface area contributed by atoms with Gasteiger partial charge in [-0.3, -0.25) is 9.97 Å². The van der Waals surface area contributed by atoms with Gasteiger partial charge in [0.05, 0.1) is 36.9 Å². The minimum Gasteiger partial charge on any atom is -0.394 e. The molecule has 5 N–H and O–H groups in total. The summed E-state index contributed by atoms with van der Waals surface area (Å²) in [4.78, 5) is 7.78. The third-order valence-electron chi connectivity index (χ3n) is 2.24. The van der Waals surface area contributed by atoms with E-state index >= 15 is 0 Å². The molecule has 0 spiro atoms. The molecule has 0 fully saturated rings. The fourth-order valence-electron chi connectivity index (χ4n) is 1.23. The summed E-state index contributed by atoms with van der Waals surface area (Å²) in [6.07, 6.45) is -0.766. The minimum absolute atomic E-state index is 0.133. The maximum Gasteiger partial charge on any atom is 0.126 e. The zero-order valence-corrected chi connectivity index (χ0v) is 9.14. The third kappa shape index (κ3) is 3.99. The van der Waals surface area contributed by atoms with Crippen LogP contribution in [-0.4, -0.2) is 60.9 Å². The highest BCUT2D eigenvalue weighted by Gasteiger charge is 2.19. The lowest BCUT2D eigenvalue weighted by molar-refractivity contribution is -0.0174. The van der Waals surface area contributed by atoms with Gasteiger partial charge in [-0.25, -0.2) is 0 Å². The van der Waals surface area contributed by atoms with Crippen molar-refractivity contribution in [1.82, 2.24) is 9.97 Å². The zero-order valence-electron chi connectivity index (χ0n) is 9.14. The Labute approximate surface area is 98.0 Å². The van der Waals surface area contributed by atoms with Gasteiger partial charge in [0.25, 0.3) is 0 Å². The molecule has 3 unspecified atom stereocenters. The van der Waals surface area contributed by atoms with E-state index in [1.807, 2.05) is 0 Å². The first-order valence-corrected chi connectivity index (χ1v) is 5.15. The molecule has 0 saturated carbocycles. The summed E-state index contributed by atoms with van der Waals surface area (Å²) in [5.74, 6) is 0. The lowest BCUT2D eigenvalue weighted by atomic mass is 10.1. The summed E-state index contributed by atoms with van der Waals surface area (Å²) in [6, 6.07) is 0. The van der Waals surface area contributed by atoms with E-state index in [-0.39, 0.29) is 18.7 Å². The Bertz CT molecular complexity index is 332. The first-order chi connectivity index (χ1) is 8.08. The fraction of sp³-hybridized carbons (Fsp3) is 0.600. The van der Waals surface area contributed by atoms with Crippen LogP contribution in [0.15, 0.2) is 12.4 Å². The topological polar surface area (TPSA) is 127 Å². The molecule has 7 nitrogen and oxygen atoms in total. The molecule has 0 aromatic carbocycles. The molecule has 1 aromatic heterocycles. The molecule has 0 aliphatic carbocycles. The number of hydrogen-bond acceptors (Lipinski definition) is 7. The molecule has 7 heteroatoms. The number of rotatable bonds is 6. The monoisotopic (exact) mass is 244 g/mol. The number of aliphatic hydroxyl groups excluding tert-OH is 5. The van der Waals surface area contributed by atoms with Crippen LogP contribution in [0.5, 0.6) is 0 Å². The van der Waals surface area contributed by atoms with E-state index in [2.05, 4.69) is 9.97 Å². The molecule has 0 aliphatic rings. The molecular weight excluding hydrogens is 228 g/mol. The van der Waals surface area contributed by atoms with Crippen LogP contribution in [0.25, 0.3) is 0 Å². The van der Waals surface area contributed by atoms with E-state index in [4.69, 9.17) is 10.2 Å². The van der Waals surface area contributed by atoms with Crippen molar-refractivity contribution in [3.8, 4) is 0 Å². The van der Waals surface area contributed by atoms with E-state index in [1.165, 1.54) is 12.4 Å². The summed E-state index contributed by atoms with van der Waals surface area (Å²) in [5.41, 5.74) is 0.592. The van der Waals surface area contributed by atoms with Gasteiger partial charge in [-0.15, -0.1) is 0 Å². The number of hydrogen-bond donors (Lipinski definition) is 5. The summed E-state index contributed by atoms with van der Waals surface area (Å²) < 4.78 is 0. The van der Waals surface area contributed by atoms with Gasteiger partial charge in [0.2, 0.25) is 0 Å². The highest BCUT2D eigenvalue weighted by Crippen LogP contribution is 2.13. The third-order valence-corrected chi connectivity index (χ3v) is 2.24. The van der Waals surface area contributed by atoms with Crippen molar-refractivity contribution in [2.75, 3.05) is 13.2 Å². The van der Waals surface area contributed by atoms with Crippen LogP contribution < -0.4 is 0 Å². The average molecular weight is 244 g/mol. The van der Waals surface area contributed by atoms with Crippen molar-refractivity contribution in [1.29, 1.82) is 0 Å². The summed E-state index contributed by atoms with van der Waals surface area (Å²) >= 11 is 0. The Kier molecular flexibility index (Phi) is 5.39. The molecule has 0 amide bonds. The number of aromatic nitrogens is 2. The second-order valence-corrected chi connectivity index (χ2v) is 3.67. The van der Waals surface area contributed by atoms with Crippen LogP contribution in [0, 0.1) is 0 Å². The number of nitrogens with zero attached hydrogens (tertiary/aromatic N) is 2. The Hall–Kier alpha value is -1.12. The van der Waals surface area contributed by atoms with E-state index in [0.29, 0.717) is 5.69 Å². The van der Waals surface area contributed by atoms with E-state index in [0.717, 1.165) is 0 Å². The molecule has 1 rings (SSSR count). The van der Waals surface area contributed by atoms with Crippen molar-refractivity contribution in [2.24, 2.45) is 0 Å². The van der Waals surface area contributed by atoms with Gasteiger partial charge in [-0.1, -0.05) is 0 Å². The smallest absolute Gasteiger partial charge is 0.126 e. The van der Waals surface area contributed by atoms with Gasteiger partial charge in [0.1, 0.15) is 12.2 Å². The number of aliphatic hydroxyl groups is 5. The van der Waals surface area contributed by atoms with Gasteiger partial charge in [-0.05, 0) is 0 Å². The molecule has 0 aliphatic heterocycles. The lowest BCUT2D eigenvalue weighted by Gasteiger charge is -2.14. The van der Waals surface area contributed by atoms with Gasteiger partial charge < -0.3 is 25.5 Å².